The highest BCUT2D eigenvalue weighted by Gasteiger charge is 2.40. The molecule has 0 aromatic heterocycles. The molecule has 0 fully saturated rings. The van der Waals surface area contributed by atoms with Crippen LogP contribution in [0.4, 0.5) is 4.79 Å². The van der Waals surface area contributed by atoms with Crippen molar-refractivity contribution in [2.24, 2.45) is 4.99 Å². The zero-order valence-corrected chi connectivity index (χ0v) is 11.6. The summed E-state index contributed by atoms with van der Waals surface area (Å²) in [6.07, 6.45) is -0.839. The second-order valence-corrected chi connectivity index (χ2v) is 5.87. The summed E-state index contributed by atoms with van der Waals surface area (Å²) in [5, 5.41) is 7.42. The number of aliphatic imine (C=N–C) groups is 1. The number of carboxylic acids is 1. The minimum atomic E-state index is -2.57. The molecule has 0 radical (unpaired) electrons. The first-order valence-corrected chi connectivity index (χ1v) is 6.67. The molecule has 1 aliphatic rings. The molecule has 1 heterocycles. The largest absolute Gasteiger partial charge is 0.477 e. The van der Waals surface area contributed by atoms with Gasteiger partial charge in [0.1, 0.15) is 5.60 Å². The highest BCUT2D eigenvalue weighted by atomic mass is 32.2. The van der Waals surface area contributed by atoms with Gasteiger partial charge in [0.15, 0.2) is 22.2 Å². The van der Waals surface area contributed by atoms with Gasteiger partial charge in [-0.05, 0) is 20.8 Å². The van der Waals surface area contributed by atoms with Gasteiger partial charge in [0.25, 0.3) is 0 Å². The van der Waals surface area contributed by atoms with Gasteiger partial charge in [-0.1, -0.05) is 0 Å². The summed E-state index contributed by atoms with van der Waals surface area (Å²) in [5.41, 5.74) is -1.30. The van der Waals surface area contributed by atoms with E-state index < -0.39 is 39.8 Å². The lowest BCUT2D eigenvalue weighted by molar-refractivity contribution is -0.129. The zero-order valence-electron chi connectivity index (χ0n) is 10.8. The molecule has 1 aliphatic heterocycles. The van der Waals surface area contributed by atoms with Crippen molar-refractivity contribution in [3.8, 4) is 0 Å². The molecule has 2 unspecified atom stereocenters. The fourth-order valence-electron chi connectivity index (χ4n) is 1.51. The van der Waals surface area contributed by atoms with Gasteiger partial charge in [-0.15, -0.1) is 0 Å². The predicted octanol–water partition coefficient (Wildman–Crippen LogP) is 0.311. The number of carbonyl (C=O) groups is 2. The third-order valence-corrected chi connectivity index (χ3v) is 3.04. The van der Waals surface area contributed by atoms with Crippen LogP contribution in [0.2, 0.25) is 0 Å². The lowest BCUT2D eigenvalue weighted by Gasteiger charge is -2.33. The Morgan fingerprint density at radius 2 is 2.05 bits per heavy atom. The van der Waals surface area contributed by atoms with Crippen LogP contribution in [-0.2, 0) is 20.6 Å². The lowest BCUT2D eigenvalue weighted by Crippen LogP contribution is -2.54. The number of rotatable bonds is 2. The fourth-order valence-corrected chi connectivity index (χ4v) is 2.28. The Labute approximate surface area is 112 Å². The number of carbonyl (C=O) groups excluding carboxylic acids is 1. The van der Waals surface area contributed by atoms with Crippen molar-refractivity contribution in [3.05, 3.63) is 0 Å². The van der Waals surface area contributed by atoms with Gasteiger partial charge in [0.05, 0.1) is 6.54 Å². The van der Waals surface area contributed by atoms with Crippen molar-refractivity contribution < 1.29 is 28.2 Å². The number of hydrogen-bond donors (Lipinski definition) is 2. The number of ether oxygens (including phenoxy) is 1. The van der Waals surface area contributed by atoms with Crippen LogP contribution in [0, 0.1) is 0 Å². The molecule has 9 heteroatoms. The van der Waals surface area contributed by atoms with Crippen molar-refractivity contribution in [2.75, 3.05) is 13.1 Å². The normalized spacial score (nSPS) is 21.6. The van der Waals surface area contributed by atoms with Gasteiger partial charge >= 0.3 is 12.1 Å². The average Bonchev–Trinajstić information content (AvgIpc) is 2.25. The topological polar surface area (TPSA) is 117 Å². The van der Waals surface area contributed by atoms with E-state index in [4.69, 9.17) is 9.84 Å². The molecule has 0 spiro atoms. The van der Waals surface area contributed by atoms with E-state index in [0.717, 1.165) is 4.90 Å². The standard InChI is InChI=1S/C10H16N2O6S/c1-10(2,3)18-9(15)12-5-4-11-6(8(13)14)7(12)19(16)17/h7H,4-5H2,1-3H3,(H,13,14)(H,16,17). The third-order valence-electron chi connectivity index (χ3n) is 2.18. The molecular weight excluding hydrogens is 276 g/mol. The second-order valence-electron chi connectivity index (χ2n) is 4.87. The van der Waals surface area contributed by atoms with Gasteiger partial charge in [-0.25, -0.2) is 13.8 Å². The van der Waals surface area contributed by atoms with Gasteiger partial charge in [0.2, 0.25) is 0 Å². The van der Waals surface area contributed by atoms with Gasteiger partial charge in [-0.2, -0.15) is 0 Å². The van der Waals surface area contributed by atoms with E-state index >= 15 is 0 Å². The maximum atomic E-state index is 11.9. The van der Waals surface area contributed by atoms with Crippen LogP contribution in [0.5, 0.6) is 0 Å². The number of carboxylic acid groups (broad SMARTS) is 1. The minimum absolute atomic E-state index is 0.0304. The van der Waals surface area contributed by atoms with Crippen molar-refractivity contribution in [1.82, 2.24) is 4.90 Å². The number of amides is 1. The van der Waals surface area contributed by atoms with E-state index in [1.807, 2.05) is 0 Å². The summed E-state index contributed by atoms with van der Waals surface area (Å²) >= 11 is -2.57. The zero-order chi connectivity index (χ0) is 14.8. The summed E-state index contributed by atoms with van der Waals surface area (Å²) in [4.78, 5) is 27.5. The first-order chi connectivity index (χ1) is 8.63. The Hall–Kier alpha value is -1.48. The van der Waals surface area contributed by atoms with E-state index in [0.29, 0.717) is 0 Å². The Kier molecular flexibility index (Phi) is 4.64. The van der Waals surface area contributed by atoms with E-state index in [-0.39, 0.29) is 13.1 Å². The molecule has 1 rings (SSSR count). The van der Waals surface area contributed by atoms with E-state index in [9.17, 15) is 18.4 Å². The maximum Gasteiger partial charge on any atom is 0.411 e. The lowest BCUT2D eigenvalue weighted by atomic mass is 10.2. The van der Waals surface area contributed by atoms with Crippen molar-refractivity contribution in [2.45, 2.75) is 31.7 Å². The molecule has 0 bridgehead atoms. The highest BCUT2D eigenvalue weighted by Crippen LogP contribution is 2.17. The molecule has 8 nitrogen and oxygen atoms in total. The van der Waals surface area contributed by atoms with Gasteiger partial charge in [-0.3, -0.25) is 9.89 Å². The van der Waals surface area contributed by atoms with Crippen LogP contribution in [0.15, 0.2) is 4.99 Å². The van der Waals surface area contributed by atoms with Crippen LogP contribution in [0.1, 0.15) is 20.8 Å². The van der Waals surface area contributed by atoms with Crippen LogP contribution in [-0.4, -0.2) is 60.6 Å². The monoisotopic (exact) mass is 292 g/mol. The maximum absolute atomic E-state index is 11.9. The summed E-state index contributed by atoms with van der Waals surface area (Å²) in [7, 11) is 0. The van der Waals surface area contributed by atoms with Crippen LogP contribution in [0.3, 0.4) is 0 Å². The molecule has 0 aromatic carbocycles. The Balaban J connectivity index is 3.01. The fraction of sp³-hybridized carbons (Fsp3) is 0.700. The van der Waals surface area contributed by atoms with E-state index in [1.165, 1.54) is 0 Å². The number of nitrogens with zero attached hydrogens (tertiary/aromatic N) is 2. The molecule has 0 aromatic rings. The Morgan fingerprint density at radius 3 is 2.47 bits per heavy atom. The second kappa shape index (κ2) is 5.66. The van der Waals surface area contributed by atoms with Crippen molar-refractivity contribution >= 4 is 28.9 Å². The smallest absolute Gasteiger partial charge is 0.411 e. The minimum Gasteiger partial charge on any atom is -0.477 e. The first kappa shape index (κ1) is 15.6. The average molecular weight is 292 g/mol. The first-order valence-electron chi connectivity index (χ1n) is 5.50. The molecule has 1 amide bonds. The molecule has 2 atom stereocenters. The Bertz CT molecular complexity index is 442. The molecular formula is C10H16N2O6S. The molecule has 19 heavy (non-hydrogen) atoms. The van der Waals surface area contributed by atoms with E-state index in [1.54, 1.807) is 20.8 Å². The highest BCUT2D eigenvalue weighted by molar-refractivity contribution is 7.80. The number of aliphatic carboxylic acids is 1. The third kappa shape index (κ3) is 4.00. The quantitative estimate of drug-likeness (QED) is 0.707. The van der Waals surface area contributed by atoms with Crippen molar-refractivity contribution in [1.29, 1.82) is 0 Å². The summed E-state index contributed by atoms with van der Waals surface area (Å²) < 4.78 is 25.5. The van der Waals surface area contributed by atoms with Gasteiger partial charge in [0, 0.05) is 6.54 Å². The molecule has 2 N–H and O–H groups in total. The van der Waals surface area contributed by atoms with E-state index in [2.05, 4.69) is 4.99 Å². The summed E-state index contributed by atoms with van der Waals surface area (Å²) in [5.74, 6) is -1.43. The summed E-state index contributed by atoms with van der Waals surface area (Å²) in [6.45, 7) is 5.01. The molecule has 0 saturated carbocycles. The SMILES string of the molecule is CC(C)(C)OC(=O)N1CCN=C(C(=O)O)C1S(=O)O. The van der Waals surface area contributed by atoms with Crippen LogP contribution >= 0.6 is 0 Å². The predicted molar refractivity (Wildman–Crippen MR) is 67.4 cm³/mol. The molecule has 108 valence electrons. The van der Waals surface area contributed by atoms with Gasteiger partial charge < -0.3 is 14.4 Å². The molecule has 0 aliphatic carbocycles. The summed E-state index contributed by atoms with van der Waals surface area (Å²) in [6, 6.07) is 0. The number of hydrogen-bond acceptors (Lipinski definition) is 5. The van der Waals surface area contributed by atoms with Crippen molar-refractivity contribution in [3.63, 3.8) is 0 Å². The Morgan fingerprint density at radius 1 is 1.47 bits per heavy atom. The van der Waals surface area contributed by atoms with Crippen LogP contribution < -0.4 is 0 Å². The van der Waals surface area contributed by atoms with Crippen LogP contribution in [0.25, 0.3) is 0 Å². The molecule has 0 saturated heterocycles.